The number of ether oxygens (including phenoxy) is 1. The van der Waals surface area contributed by atoms with Crippen molar-refractivity contribution in [2.24, 2.45) is 0 Å². The van der Waals surface area contributed by atoms with E-state index >= 15 is 0 Å². The molecular weight excluding hydrogens is 288 g/mol. The number of carbonyl (C=O) groups excluding carboxylic acids is 2. The highest BCUT2D eigenvalue weighted by Crippen LogP contribution is 2.14. The van der Waals surface area contributed by atoms with Gasteiger partial charge in [0.15, 0.2) is 0 Å². The van der Waals surface area contributed by atoms with E-state index in [2.05, 4.69) is 0 Å². The van der Waals surface area contributed by atoms with Gasteiger partial charge in [-0.05, 0) is 19.3 Å². The van der Waals surface area contributed by atoms with Crippen molar-refractivity contribution < 1.29 is 29.6 Å². The fraction of sp³-hybridized carbons (Fsp3) is 0.875. The van der Waals surface area contributed by atoms with Crippen molar-refractivity contribution in [3.63, 3.8) is 0 Å². The van der Waals surface area contributed by atoms with Crippen LogP contribution in [0.1, 0.15) is 65.2 Å². The van der Waals surface area contributed by atoms with Crippen molar-refractivity contribution in [1.82, 2.24) is 0 Å². The van der Waals surface area contributed by atoms with Crippen molar-refractivity contribution in [1.29, 1.82) is 0 Å². The molecule has 22 heavy (non-hydrogen) atoms. The van der Waals surface area contributed by atoms with Gasteiger partial charge in [0.2, 0.25) is 0 Å². The van der Waals surface area contributed by atoms with E-state index in [0.717, 1.165) is 12.8 Å². The molecule has 0 aliphatic carbocycles. The molecule has 4 unspecified atom stereocenters. The summed E-state index contributed by atoms with van der Waals surface area (Å²) in [5, 5.41) is 29.0. The molecule has 0 rings (SSSR count). The number of aldehydes is 1. The van der Waals surface area contributed by atoms with Crippen molar-refractivity contribution in [2.75, 3.05) is 0 Å². The molecule has 0 aromatic heterocycles. The fourth-order valence-electron chi connectivity index (χ4n) is 2.33. The third-order valence-corrected chi connectivity index (χ3v) is 3.38. The van der Waals surface area contributed by atoms with Crippen molar-refractivity contribution in [3.8, 4) is 0 Å². The maximum atomic E-state index is 11.8. The molecule has 0 saturated heterocycles. The van der Waals surface area contributed by atoms with Gasteiger partial charge >= 0.3 is 5.97 Å². The molecule has 4 atom stereocenters. The van der Waals surface area contributed by atoms with Crippen molar-refractivity contribution >= 4 is 12.3 Å². The van der Waals surface area contributed by atoms with Crippen LogP contribution < -0.4 is 0 Å². The molecule has 0 bridgehead atoms. The normalized spacial score (nSPS) is 16.6. The molecule has 0 fully saturated rings. The fourth-order valence-corrected chi connectivity index (χ4v) is 2.33. The average molecular weight is 318 g/mol. The summed E-state index contributed by atoms with van der Waals surface area (Å²) >= 11 is 0. The van der Waals surface area contributed by atoms with E-state index in [0.29, 0.717) is 19.1 Å². The first-order valence-electron chi connectivity index (χ1n) is 8.10. The highest BCUT2D eigenvalue weighted by Gasteiger charge is 2.21. The number of hydrogen-bond acceptors (Lipinski definition) is 6. The largest absolute Gasteiger partial charge is 0.462 e. The highest BCUT2D eigenvalue weighted by atomic mass is 16.5. The Balaban J connectivity index is 4.23. The van der Waals surface area contributed by atoms with Crippen LogP contribution in [0, 0.1) is 0 Å². The topological polar surface area (TPSA) is 104 Å². The van der Waals surface area contributed by atoms with Gasteiger partial charge in [-0.3, -0.25) is 4.79 Å². The lowest BCUT2D eigenvalue weighted by Gasteiger charge is -2.21. The molecule has 130 valence electrons. The lowest BCUT2D eigenvalue weighted by atomic mass is 10.0. The smallest absolute Gasteiger partial charge is 0.308 e. The third kappa shape index (κ3) is 10.7. The first-order chi connectivity index (χ1) is 10.4. The first-order valence-corrected chi connectivity index (χ1v) is 8.10. The van der Waals surface area contributed by atoms with E-state index in [4.69, 9.17) is 4.74 Å². The molecule has 0 aromatic rings. The number of hydrogen-bond donors (Lipinski definition) is 3. The molecule has 0 heterocycles. The number of rotatable bonds is 13. The second-order valence-corrected chi connectivity index (χ2v) is 5.73. The third-order valence-electron chi connectivity index (χ3n) is 3.38. The monoisotopic (exact) mass is 318 g/mol. The summed E-state index contributed by atoms with van der Waals surface area (Å²) in [5.74, 6) is -0.548. The van der Waals surface area contributed by atoms with E-state index in [-0.39, 0.29) is 25.7 Å². The Labute approximate surface area is 132 Å². The summed E-state index contributed by atoms with van der Waals surface area (Å²) in [6.07, 6.45) is 0.779. The van der Waals surface area contributed by atoms with E-state index in [1.165, 1.54) is 0 Å². The Bertz CT molecular complexity index is 307. The van der Waals surface area contributed by atoms with Crippen LogP contribution in [0.15, 0.2) is 0 Å². The second kappa shape index (κ2) is 12.6. The van der Waals surface area contributed by atoms with Crippen LogP contribution in [0.4, 0.5) is 0 Å². The van der Waals surface area contributed by atoms with Crippen LogP contribution >= 0.6 is 0 Å². The van der Waals surface area contributed by atoms with Crippen molar-refractivity contribution in [3.05, 3.63) is 0 Å². The highest BCUT2D eigenvalue weighted by molar-refractivity contribution is 5.70. The van der Waals surface area contributed by atoms with E-state index in [9.17, 15) is 24.9 Å². The lowest BCUT2D eigenvalue weighted by molar-refractivity contribution is -0.153. The summed E-state index contributed by atoms with van der Waals surface area (Å²) < 4.78 is 5.26. The molecule has 0 radical (unpaired) electrons. The van der Waals surface area contributed by atoms with E-state index < -0.39 is 30.4 Å². The van der Waals surface area contributed by atoms with Crippen LogP contribution in [0.5, 0.6) is 0 Å². The summed E-state index contributed by atoms with van der Waals surface area (Å²) in [6, 6.07) is 0. The summed E-state index contributed by atoms with van der Waals surface area (Å²) in [6.45, 7) is 3.87. The zero-order valence-electron chi connectivity index (χ0n) is 13.6. The van der Waals surface area contributed by atoms with Crippen LogP contribution in [-0.4, -0.2) is 52.0 Å². The van der Waals surface area contributed by atoms with Crippen LogP contribution in [0.25, 0.3) is 0 Å². The van der Waals surface area contributed by atoms with Gasteiger partial charge in [0.25, 0.3) is 0 Å². The predicted octanol–water partition coefficient (Wildman–Crippen LogP) is 1.34. The van der Waals surface area contributed by atoms with Crippen LogP contribution in [0.2, 0.25) is 0 Å². The van der Waals surface area contributed by atoms with Gasteiger partial charge < -0.3 is 24.9 Å². The minimum absolute atomic E-state index is 0.0175. The molecule has 6 heteroatoms. The standard InChI is InChI=1S/C16H30O6/c1-3-5-12(18)9-14(20)11-16(21)22-15(6-4-2)10-13(19)7-8-17/h8,12-15,18-20H,3-7,9-11H2,1-2H3. The summed E-state index contributed by atoms with van der Waals surface area (Å²) in [4.78, 5) is 22.2. The number of aliphatic hydroxyl groups is 3. The second-order valence-electron chi connectivity index (χ2n) is 5.73. The van der Waals surface area contributed by atoms with Crippen molar-refractivity contribution in [2.45, 2.75) is 89.6 Å². The number of aliphatic hydroxyl groups excluding tert-OH is 3. The zero-order valence-corrected chi connectivity index (χ0v) is 13.6. The number of esters is 1. The molecule has 0 spiro atoms. The Kier molecular flexibility index (Phi) is 12.0. The van der Waals surface area contributed by atoms with Crippen LogP contribution in [-0.2, 0) is 14.3 Å². The molecule has 6 nitrogen and oxygen atoms in total. The number of carbonyl (C=O) groups is 2. The van der Waals surface area contributed by atoms with E-state index in [1.54, 1.807) is 0 Å². The molecule has 0 aliphatic heterocycles. The van der Waals surface area contributed by atoms with E-state index in [1.807, 2.05) is 13.8 Å². The zero-order chi connectivity index (χ0) is 17.0. The molecule has 0 amide bonds. The molecule has 0 aromatic carbocycles. The van der Waals surface area contributed by atoms with Gasteiger partial charge in [-0.25, -0.2) is 0 Å². The lowest BCUT2D eigenvalue weighted by Crippen LogP contribution is -2.27. The van der Waals surface area contributed by atoms with Crippen LogP contribution in [0.3, 0.4) is 0 Å². The summed E-state index contributed by atoms with van der Waals surface area (Å²) in [7, 11) is 0. The van der Waals surface area contributed by atoms with Gasteiger partial charge in [0.05, 0.1) is 24.7 Å². The molecule has 3 N–H and O–H groups in total. The summed E-state index contributed by atoms with van der Waals surface area (Å²) in [5.41, 5.74) is 0. The quantitative estimate of drug-likeness (QED) is 0.350. The molecular formula is C16H30O6. The first kappa shape index (κ1) is 21.0. The Morgan fingerprint density at radius 2 is 1.64 bits per heavy atom. The van der Waals surface area contributed by atoms with Gasteiger partial charge in [0, 0.05) is 12.8 Å². The molecule has 0 saturated carbocycles. The predicted molar refractivity (Wildman–Crippen MR) is 82.2 cm³/mol. The Hall–Kier alpha value is -0.980. The molecule has 0 aliphatic rings. The van der Waals surface area contributed by atoms with Gasteiger partial charge in [-0.1, -0.05) is 26.7 Å². The SMILES string of the molecule is CCCC(O)CC(O)CC(=O)OC(CCC)CC(O)CC=O. The Morgan fingerprint density at radius 1 is 1.00 bits per heavy atom. The Morgan fingerprint density at radius 3 is 2.18 bits per heavy atom. The maximum Gasteiger partial charge on any atom is 0.308 e. The minimum atomic E-state index is -0.934. The average Bonchev–Trinajstić information content (AvgIpc) is 2.38. The van der Waals surface area contributed by atoms with Gasteiger partial charge in [-0.2, -0.15) is 0 Å². The maximum absolute atomic E-state index is 11.8. The van der Waals surface area contributed by atoms with Gasteiger partial charge in [0.1, 0.15) is 12.4 Å². The van der Waals surface area contributed by atoms with Gasteiger partial charge in [-0.15, -0.1) is 0 Å². The minimum Gasteiger partial charge on any atom is -0.462 e.